The molecule has 6 nitrogen and oxygen atoms in total. The van der Waals surface area contributed by atoms with Crippen molar-refractivity contribution in [1.82, 2.24) is 25.1 Å². The molecule has 112 valence electrons. The molecular formula is C14H25N5O. The molecule has 1 aromatic heterocycles. The van der Waals surface area contributed by atoms with Crippen molar-refractivity contribution in [2.75, 3.05) is 26.2 Å². The minimum Gasteiger partial charge on any atom is -0.353 e. The standard InChI is InChI=1S/C14H25N5O/c1-4-11(2)17-13(20)10-19-8-5-15-9-12(19)14-16-6-7-18(14)3/h6-7,11-12,15H,4-5,8-10H2,1-3H3,(H,17,20). The van der Waals surface area contributed by atoms with Gasteiger partial charge in [-0.1, -0.05) is 6.92 Å². The fraction of sp³-hybridized carbons (Fsp3) is 0.714. The van der Waals surface area contributed by atoms with E-state index in [4.69, 9.17) is 0 Å². The number of carbonyl (C=O) groups excluding carboxylic acids is 1. The number of piperazine rings is 1. The van der Waals surface area contributed by atoms with E-state index < -0.39 is 0 Å². The van der Waals surface area contributed by atoms with Gasteiger partial charge in [-0.3, -0.25) is 9.69 Å². The lowest BCUT2D eigenvalue weighted by Gasteiger charge is -2.35. The van der Waals surface area contributed by atoms with Crippen molar-refractivity contribution in [1.29, 1.82) is 0 Å². The normalized spacial score (nSPS) is 21.6. The van der Waals surface area contributed by atoms with Crippen molar-refractivity contribution in [2.24, 2.45) is 7.05 Å². The zero-order valence-electron chi connectivity index (χ0n) is 12.6. The molecule has 2 rings (SSSR count). The molecule has 0 bridgehead atoms. The molecule has 1 aliphatic heterocycles. The molecule has 6 heteroatoms. The summed E-state index contributed by atoms with van der Waals surface area (Å²) in [6.07, 6.45) is 4.71. The predicted molar refractivity (Wildman–Crippen MR) is 78.3 cm³/mol. The molecule has 0 spiro atoms. The fourth-order valence-corrected chi connectivity index (χ4v) is 2.50. The molecule has 1 fully saturated rings. The van der Waals surface area contributed by atoms with Gasteiger partial charge in [-0.25, -0.2) is 4.98 Å². The first-order chi connectivity index (χ1) is 9.61. The molecule has 0 aromatic carbocycles. The van der Waals surface area contributed by atoms with Crippen molar-refractivity contribution in [3.63, 3.8) is 0 Å². The topological polar surface area (TPSA) is 62.2 Å². The summed E-state index contributed by atoms with van der Waals surface area (Å²) in [6.45, 7) is 7.16. The Hall–Kier alpha value is -1.40. The maximum Gasteiger partial charge on any atom is 0.234 e. The van der Waals surface area contributed by atoms with E-state index in [1.54, 1.807) is 6.20 Å². The van der Waals surface area contributed by atoms with Crippen molar-refractivity contribution >= 4 is 5.91 Å². The average Bonchev–Trinajstić information content (AvgIpc) is 2.85. The van der Waals surface area contributed by atoms with Gasteiger partial charge in [0.2, 0.25) is 5.91 Å². The molecule has 2 heterocycles. The van der Waals surface area contributed by atoms with E-state index in [1.807, 2.05) is 24.7 Å². The lowest BCUT2D eigenvalue weighted by atomic mass is 10.1. The average molecular weight is 279 g/mol. The Morgan fingerprint density at radius 1 is 1.65 bits per heavy atom. The van der Waals surface area contributed by atoms with Gasteiger partial charge in [-0.05, 0) is 13.3 Å². The number of nitrogens with zero attached hydrogens (tertiary/aromatic N) is 3. The Morgan fingerprint density at radius 2 is 2.45 bits per heavy atom. The van der Waals surface area contributed by atoms with Crippen LogP contribution in [0.25, 0.3) is 0 Å². The summed E-state index contributed by atoms with van der Waals surface area (Å²) in [5.41, 5.74) is 0. The van der Waals surface area contributed by atoms with Crippen molar-refractivity contribution < 1.29 is 4.79 Å². The zero-order chi connectivity index (χ0) is 14.5. The van der Waals surface area contributed by atoms with Crippen LogP contribution in [0.5, 0.6) is 0 Å². The second-order valence-electron chi connectivity index (χ2n) is 5.46. The second-order valence-corrected chi connectivity index (χ2v) is 5.46. The highest BCUT2D eigenvalue weighted by molar-refractivity contribution is 5.78. The number of hydrogen-bond acceptors (Lipinski definition) is 4. The lowest BCUT2D eigenvalue weighted by molar-refractivity contribution is -0.123. The number of nitrogens with one attached hydrogen (secondary N) is 2. The first kappa shape index (κ1) is 15.0. The molecule has 20 heavy (non-hydrogen) atoms. The van der Waals surface area contributed by atoms with Crippen molar-refractivity contribution in [3.8, 4) is 0 Å². The first-order valence-electron chi connectivity index (χ1n) is 7.33. The second kappa shape index (κ2) is 6.85. The quantitative estimate of drug-likeness (QED) is 0.813. The molecule has 0 saturated carbocycles. The SMILES string of the molecule is CCC(C)NC(=O)CN1CCNCC1c1nccn1C. The number of aryl methyl sites for hydroxylation is 1. The van der Waals surface area contributed by atoms with Crippen LogP contribution in [0.15, 0.2) is 12.4 Å². The Balaban J connectivity index is 2.01. The number of carbonyl (C=O) groups is 1. The Bertz CT molecular complexity index is 445. The van der Waals surface area contributed by atoms with Gasteiger partial charge in [0.15, 0.2) is 0 Å². The molecule has 1 amide bonds. The largest absolute Gasteiger partial charge is 0.353 e. The monoisotopic (exact) mass is 279 g/mol. The van der Waals surface area contributed by atoms with E-state index in [0.717, 1.165) is 31.9 Å². The van der Waals surface area contributed by atoms with Crippen LogP contribution in [-0.2, 0) is 11.8 Å². The predicted octanol–water partition coefficient (Wildman–Crippen LogP) is 0.281. The Kier molecular flexibility index (Phi) is 5.14. The summed E-state index contributed by atoms with van der Waals surface area (Å²) in [6, 6.07) is 0.392. The highest BCUT2D eigenvalue weighted by Crippen LogP contribution is 2.19. The molecule has 2 atom stereocenters. The van der Waals surface area contributed by atoms with E-state index in [2.05, 4.69) is 27.4 Å². The van der Waals surface area contributed by atoms with Crippen LogP contribution in [0.2, 0.25) is 0 Å². The highest BCUT2D eigenvalue weighted by atomic mass is 16.2. The molecule has 2 unspecified atom stereocenters. The molecule has 0 radical (unpaired) electrons. The summed E-state index contributed by atoms with van der Waals surface area (Å²) >= 11 is 0. The Morgan fingerprint density at radius 3 is 3.10 bits per heavy atom. The fourth-order valence-electron chi connectivity index (χ4n) is 2.50. The third-order valence-electron chi connectivity index (χ3n) is 3.88. The van der Waals surface area contributed by atoms with Crippen LogP contribution >= 0.6 is 0 Å². The maximum absolute atomic E-state index is 12.1. The summed E-state index contributed by atoms with van der Waals surface area (Å²) in [5.74, 6) is 1.11. The first-order valence-corrected chi connectivity index (χ1v) is 7.33. The van der Waals surface area contributed by atoms with Gasteiger partial charge in [0.1, 0.15) is 5.82 Å². The van der Waals surface area contributed by atoms with Gasteiger partial charge in [-0.15, -0.1) is 0 Å². The summed E-state index contributed by atoms with van der Waals surface area (Å²) in [5, 5.41) is 6.41. The van der Waals surface area contributed by atoms with Crippen LogP contribution in [0.4, 0.5) is 0 Å². The van der Waals surface area contributed by atoms with Crippen molar-refractivity contribution in [3.05, 3.63) is 18.2 Å². The number of imidazole rings is 1. The van der Waals surface area contributed by atoms with E-state index in [0.29, 0.717) is 6.54 Å². The van der Waals surface area contributed by atoms with E-state index >= 15 is 0 Å². The van der Waals surface area contributed by atoms with E-state index in [1.165, 1.54) is 0 Å². The van der Waals surface area contributed by atoms with Crippen LogP contribution < -0.4 is 10.6 Å². The number of amides is 1. The molecule has 2 N–H and O–H groups in total. The van der Waals surface area contributed by atoms with Crippen molar-refractivity contribution in [2.45, 2.75) is 32.4 Å². The van der Waals surface area contributed by atoms with Gasteiger partial charge in [0.25, 0.3) is 0 Å². The Labute approximate surface area is 120 Å². The zero-order valence-corrected chi connectivity index (χ0v) is 12.6. The third-order valence-corrected chi connectivity index (χ3v) is 3.88. The van der Waals surface area contributed by atoms with Crippen LogP contribution in [0.1, 0.15) is 32.1 Å². The minimum absolute atomic E-state index is 0.0976. The molecule has 0 aliphatic carbocycles. The summed E-state index contributed by atoms with van der Waals surface area (Å²) in [7, 11) is 1.99. The van der Waals surface area contributed by atoms with Crippen LogP contribution in [0.3, 0.4) is 0 Å². The van der Waals surface area contributed by atoms with Gasteiger partial charge in [0.05, 0.1) is 12.6 Å². The summed E-state index contributed by atoms with van der Waals surface area (Å²) < 4.78 is 2.03. The summed E-state index contributed by atoms with van der Waals surface area (Å²) in [4.78, 5) is 18.7. The molecule has 1 saturated heterocycles. The smallest absolute Gasteiger partial charge is 0.234 e. The third kappa shape index (κ3) is 3.58. The highest BCUT2D eigenvalue weighted by Gasteiger charge is 2.28. The van der Waals surface area contributed by atoms with Gasteiger partial charge in [0, 0.05) is 45.1 Å². The van der Waals surface area contributed by atoms with Crippen LogP contribution in [0, 0.1) is 0 Å². The van der Waals surface area contributed by atoms with E-state index in [9.17, 15) is 4.79 Å². The molecule has 1 aromatic rings. The lowest BCUT2D eigenvalue weighted by Crippen LogP contribution is -2.50. The van der Waals surface area contributed by atoms with Gasteiger partial charge >= 0.3 is 0 Å². The molecule has 1 aliphatic rings. The maximum atomic E-state index is 12.1. The number of hydrogen-bond donors (Lipinski definition) is 2. The number of aromatic nitrogens is 2. The molecular weight excluding hydrogens is 254 g/mol. The van der Waals surface area contributed by atoms with Crippen LogP contribution in [-0.4, -0.2) is 52.6 Å². The number of rotatable bonds is 5. The van der Waals surface area contributed by atoms with E-state index in [-0.39, 0.29) is 18.0 Å². The van der Waals surface area contributed by atoms with Gasteiger partial charge < -0.3 is 15.2 Å². The minimum atomic E-state index is 0.0976. The van der Waals surface area contributed by atoms with Gasteiger partial charge in [-0.2, -0.15) is 0 Å².